The summed E-state index contributed by atoms with van der Waals surface area (Å²) in [5.74, 6) is 0.441. The van der Waals surface area contributed by atoms with E-state index in [2.05, 4.69) is 15.5 Å². The second kappa shape index (κ2) is 6.55. The highest BCUT2D eigenvalue weighted by atomic mass is 16.1. The van der Waals surface area contributed by atoms with E-state index in [-0.39, 0.29) is 5.91 Å². The first-order chi connectivity index (χ1) is 12.5. The molecule has 1 amide bonds. The molecule has 0 unspecified atom stereocenters. The summed E-state index contributed by atoms with van der Waals surface area (Å²) in [5.41, 5.74) is 4.49. The fraction of sp³-hybridized carbons (Fsp3) is 0.474. The molecular formula is C19H24N6O. The normalized spacial score (nSPS) is 14.1. The van der Waals surface area contributed by atoms with Crippen LogP contribution in [-0.4, -0.2) is 37.0 Å². The molecule has 7 heteroatoms. The molecule has 1 saturated carbocycles. The summed E-state index contributed by atoms with van der Waals surface area (Å²) in [4.78, 5) is 17.6. The smallest absolute Gasteiger partial charge is 0.252 e. The highest BCUT2D eigenvalue weighted by molar-refractivity contribution is 6.06. The minimum atomic E-state index is -0.0490. The highest BCUT2D eigenvalue weighted by Crippen LogP contribution is 2.40. The van der Waals surface area contributed by atoms with Gasteiger partial charge in [0, 0.05) is 37.9 Å². The Bertz CT molecular complexity index is 966. The molecule has 0 aromatic carbocycles. The van der Waals surface area contributed by atoms with Gasteiger partial charge in [-0.05, 0) is 44.7 Å². The van der Waals surface area contributed by atoms with Crippen molar-refractivity contribution in [3.8, 4) is 0 Å². The lowest BCUT2D eigenvalue weighted by atomic mass is 10.1. The van der Waals surface area contributed by atoms with Crippen molar-refractivity contribution < 1.29 is 4.79 Å². The van der Waals surface area contributed by atoms with Crippen molar-refractivity contribution >= 4 is 16.9 Å². The van der Waals surface area contributed by atoms with Crippen LogP contribution >= 0.6 is 0 Å². The molecular weight excluding hydrogens is 328 g/mol. The van der Waals surface area contributed by atoms with Gasteiger partial charge in [0.1, 0.15) is 0 Å². The lowest BCUT2D eigenvalue weighted by Gasteiger charge is -2.09. The van der Waals surface area contributed by atoms with E-state index in [1.54, 1.807) is 4.68 Å². The Labute approximate surface area is 152 Å². The van der Waals surface area contributed by atoms with Crippen LogP contribution in [0.2, 0.25) is 0 Å². The Kier molecular flexibility index (Phi) is 4.22. The van der Waals surface area contributed by atoms with Gasteiger partial charge >= 0.3 is 0 Å². The van der Waals surface area contributed by atoms with Crippen LogP contribution in [0.25, 0.3) is 11.0 Å². The third-order valence-electron chi connectivity index (χ3n) is 4.84. The molecule has 0 radical (unpaired) electrons. The molecule has 0 saturated heterocycles. The van der Waals surface area contributed by atoms with E-state index in [0.29, 0.717) is 18.0 Å². The van der Waals surface area contributed by atoms with Crippen LogP contribution in [0.1, 0.15) is 52.5 Å². The summed E-state index contributed by atoms with van der Waals surface area (Å²) in [6, 6.07) is 1.96. The summed E-state index contributed by atoms with van der Waals surface area (Å²) >= 11 is 0. The van der Waals surface area contributed by atoms with Crippen LogP contribution in [-0.2, 0) is 13.6 Å². The lowest BCUT2D eigenvalue weighted by Crippen LogP contribution is -2.26. The minimum absolute atomic E-state index is 0.0490. The van der Waals surface area contributed by atoms with Crippen molar-refractivity contribution in [2.45, 2.75) is 45.6 Å². The van der Waals surface area contributed by atoms with Crippen LogP contribution < -0.4 is 5.32 Å². The number of pyridine rings is 1. The van der Waals surface area contributed by atoms with Crippen LogP contribution in [0.15, 0.2) is 18.5 Å². The average Bonchev–Trinajstić information content (AvgIpc) is 3.33. The maximum atomic E-state index is 12.8. The number of amides is 1. The molecule has 0 bridgehead atoms. The molecule has 1 aliphatic rings. The van der Waals surface area contributed by atoms with E-state index >= 15 is 0 Å². The van der Waals surface area contributed by atoms with E-state index < -0.39 is 0 Å². The van der Waals surface area contributed by atoms with Gasteiger partial charge in [0.05, 0.1) is 22.8 Å². The zero-order chi connectivity index (χ0) is 18.3. The number of aromatic nitrogens is 5. The maximum absolute atomic E-state index is 12.8. The van der Waals surface area contributed by atoms with Crippen molar-refractivity contribution in [2.24, 2.45) is 7.05 Å². The largest absolute Gasteiger partial charge is 0.352 e. The molecule has 26 heavy (non-hydrogen) atoms. The Balaban J connectivity index is 1.50. The van der Waals surface area contributed by atoms with Gasteiger partial charge in [-0.3, -0.25) is 14.2 Å². The standard InChI is InChI=1S/C19H24N6O/c1-12-10-21-25(11-12)8-4-7-20-19(26)15-9-16(14-5-6-14)22-18-17(15)13(2)23-24(18)3/h9-11,14H,4-8H2,1-3H3,(H,20,26). The van der Waals surface area contributed by atoms with Crippen LogP contribution in [0.5, 0.6) is 0 Å². The predicted octanol–water partition coefficient (Wildman–Crippen LogP) is 2.48. The Morgan fingerprint density at radius 1 is 1.35 bits per heavy atom. The average molecular weight is 352 g/mol. The molecule has 1 N–H and O–H groups in total. The SMILES string of the molecule is Cc1cnn(CCCNC(=O)c2cc(C3CC3)nc3c2c(C)nn3C)c1. The zero-order valence-corrected chi connectivity index (χ0v) is 15.5. The van der Waals surface area contributed by atoms with Crippen molar-refractivity contribution in [2.75, 3.05) is 6.54 Å². The topological polar surface area (TPSA) is 77.6 Å². The van der Waals surface area contributed by atoms with Crippen molar-refractivity contribution in [1.82, 2.24) is 29.9 Å². The second-order valence-corrected chi connectivity index (χ2v) is 7.17. The van der Waals surface area contributed by atoms with Crippen LogP contribution in [0, 0.1) is 13.8 Å². The van der Waals surface area contributed by atoms with E-state index in [9.17, 15) is 4.79 Å². The number of nitrogens with zero attached hydrogens (tertiary/aromatic N) is 5. The molecule has 1 fully saturated rings. The first-order valence-electron chi connectivity index (χ1n) is 9.14. The number of hydrogen-bond donors (Lipinski definition) is 1. The van der Waals surface area contributed by atoms with Gasteiger partial charge in [-0.1, -0.05) is 0 Å². The Hall–Kier alpha value is -2.70. The van der Waals surface area contributed by atoms with Gasteiger partial charge < -0.3 is 5.32 Å². The number of rotatable bonds is 6. The molecule has 0 aliphatic heterocycles. The quantitative estimate of drug-likeness (QED) is 0.692. The summed E-state index contributed by atoms with van der Waals surface area (Å²) in [6.45, 7) is 5.35. The fourth-order valence-corrected chi connectivity index (χ4v) is 3.36. The van der Waals surface area contributed by atoms with Gasteiger partial charge in [-0.2, -0.15) is 10.2 Å². The van der Waals surface area contributed by atoms with Gasteiger partial charge in [-0.25, -0.2) is 4.98 Å². The third-order valence-corrected chi connectivity index (χ3v) is 4.84. The van der Waals surface area contributed by atoms with Crippen LogP contribution in [0.4, 0.5) is 0 Å². The molecule has 3 heterocycles. The lowest BCUT2D eigenvalue weighted by molar-refractivity contribution is 0.0954. The molecule has 3 aromatic rings. The summed E-state index contributed by atoms with van der Waals surface area (Å²) < 4.78 is 3.68. The minimum Gasteiger partial charge on any atom is -0.352 e. The molecule has 136 valence electrons. The highest BCUT2D eigenvalue weighted by Gasteiger charge is 2.28. The summed E-state index contributed by atoms with van der Waals surface area (Å²) in [7, 11) is 1.88. The number of carbonyl (C=O) groups is 1. The molecule has 0 atom stereocenters. The van der Waals surface area contributed by atoms with Gasteiger partial charge in [0.2, 0.25) is 0 Å². The van der Waals surface area contributed by atoms with E-state index in [0.717, 1.165) is 53.8 Å². The predicted molar refractivity (Wildman–Crippen MR) is 99.1 cm³/mol. The van der Waals surface area contributed by atoms with Crippen molar-refractivity contribution in [3.05, 3.63) is 41.0 Å². The first kappa shape index (κ1) is 16.8. The molecule has 0 spiro atoms. The number of aryl methyl sites for hydroxylation is 4. The monoisotopic (exact) mass is 352 g/mol. The molecule has 4 rings (SSSR count). The number of nitrogens with one attached hydrogen (secondary N) is 1. The third kappa shape index (κ3) is 3.21. The summed E-state index contributed by atoms with van der Waals surface area (Å²) in [6.07, 6.45) is 6.99. The van der Waals surface area contributed by atoms with Crippen molar-refractivity contribution in [3.63, 3.8) is 0 Å². The summed E-state index contributed by atoms with van der Waals surface area (Å²) in [5, 5.41) is 12.6. The van der Waals surface area contributed by atoms with Gasteiger partial charge in [0.15, 0.2) is 5.65 Å². The van der Waals surface area contributed by atoms with Gasteiger partial charge in [-0.15, -0.1) is 0 Å². The fourth-order valence-electron chi connectivity index (χ4n) is 3.36. The number of fused-ring (bicyclic) bond motifs is 1. The van der Waals surface area contributed by atoms with Crippen molar-refractivity contribution in [1.29, 1.82) is 0 Å². The number of hydrogen-bond acceptors (Lipinski definition) is 4. The Morgan fingerprint density at radius 3 is 2.85 bits per heavy atom. The molecule has 1 aliphatic carbocycles. The second-order valence-electron chi connectivity index (χ2n) is 7.17. The van der Waals surface area contributed by atoms with E-state index in [4.69, 9.17) is 4.98 Å². The maximum Gasteiger partial charge on any atom is 0.252 e. The first-order valence-corrected chi connectivity index (χ1v) is 9.14. The van der Waals surface area contributed by atoms with E-state index in [1.807, 2.05) is 44.0 Å². The van der Waals surface area contributed by atoms with E-state index in [1.165, 1.54) is 0 Å². The molecule has 3 aromatic heterocycles. The number of carbonyl (C=O) groups excluding carboxylic acids is 1. The van der Waals surface area contributed by atoms with Gasteiger partial charge in [0.25, 0.3) is 5.91 Å². The molecule has 7 nitrogen and oxygen atoms in total. The Morgan fingerprint density at radius 2 is 2.15 bits per heavy atom. The van der Waals surface area contributed by atoms with Crippen LogP contribution in [0.3, 0.4) is 0 Å². The zero-order valence-electron chi connectivity index (χ0n) is 15.5.